The molecule has 3 aliphatic heterocycles. The smallest absolute Gasteiger partial charge is 0.365 e. The summed E-state index contributed by atoms with van der Waals surface area (Å²) < 4.78 is 17.7. The first kappa shape index (κ1) is 17.1. The second-order valence-corrected chi connectivity index (χ2v) is 8.14. The molecule has 0 spiro atoms. The van der Waals surface area contributed by atoms with Crippen molar-refractivity contribution in [2.24, 2.45) is 11.8 Å². The van der Waals surface area contributed by atoms with E-state index in [1.165, 1.54) is 4.90 Å². The lowest BCUT2D eigenvalue weighted by Gasteiger charge is -2.17. The van der Waals surface area contributed by atoms with Gasteiger partial charge in [0.1, 0.15) is 0 Å². The number of nitrogens with zero attached hydrogens (tertiary/aromatic N) is 1. The van der Waals surface area contributed by atoms with Crippen LogP contribution in [0.1, 0.15) is 0 Å². The van der Waals surface area contributed by atoms with E-state index in [9.17, 15) is 18.9 Å². The molecule has 1 N–H and O–H groups in total. The van der Waals surface area contributed by atoms with Crippen molar-refractivity contribution in [3.63, 3.8) is 0 Å². The number of carbonyl (C=O) groups is 3. The molecule has 3 aliphatic rings. The highest BCUT2D eigenvalue weighted by Gasteiger charge is 2.60. The number of ether oxygens (including phenoxy) is 1. The summed E-state index contributed by atoms with van der Waals surface area (Å²) in [6.45, 7) is 0.273. The molecule has 0 saturated carbocycles. The van der Waals surface area contributed by atoms with Crippen LogP contribution in [0.5, 0.6) is 0 Å². The Hall–Kier alpha value is -2.37. The SMILES string of the molecule is O=C(C[P+](=O)c1ccccc1)NCCN1C(=O)C2C3C=CC(O3)C2C1=O. The van der Waals surface area contributed by atoms with Gasteiger partial charge in [0.2, 0.25) is 18.0 Å². The fourth-order valence-electron chi connectivity index (χ4n) is 3.76. The summed E-state index contributed by atoms with van der Waals surface area (Å²) in [5, 5.41) is 3.26. The molecule has 7 nitrogen and oxygen atoms in total. The molecular weight excluding hydrogens is 355 g/mol. The molecule has 2 saturated heterocycles. The first-order chi connectivity index (χ1) is 12.6. The fraction of sp³-hybridized carbons (Fsp3) is 0.389. The van der Waals surface area contributed by atoms with Crippen LogP contribution in [-0.4, -0.2) is 54.1 Å². The number of benzene rings is 1. The van der Waals surface area contributed by atoms with Crippen molar-refractivity contribution in [1.82, 2.24) is 10.2 Å². The largest absolute Gasteiger partial charge is 0.386 e. The number of nitrogens with one attached hydrogen (secondary N) is 1. The van der Waals surface area contributed by atoms with E-state index in [1.807, 2.05) is 18.2 Å². The van der Waals surface area contributed by atoms with E-state index in [2.05, 4.69) is 5.32 Å². The van der Waals surface area contributed by atoms with E-state index < -0.39 is 19.6 Å². The first-order valence-electron chi connectivity index (χ1n) is 8.51. The second kappa shape index (κ2) is 6.74. The topological polar surface area (TPSA) is 92.8 Å². The van der Waals surface area contributed by atoms with E-state index in [1.54, 1.807) is 24.3 Å². The van der Waals surface area contributed by atoms with Crippen LogP contribution in [0.4, 0.5) is 0 Å². The highest BCUT2D eigenvalue weighted by molar-refractivity contribution is 7.54. The van der Waals surface area contributed by atoms with Gasteiger partial charge < -0.3 is 10.1 Å². The second-order valence-electron chi connectivity index (χ2n) is 6.55. The molecule has 4 rings (SSSR count). The Morgan fingerprint density at radius 3 is 2.31 bits per heavy atom. The van der Waals surface area contributed by atoms with Gasteiger partial charge in [0.25, 0.3) is 5.91 Å². The predicted molar refractivity (Wildman–Crippen MR) is 93.1 cm³/mol. The summed E-state index contributed by atoms with van der Waals surface area (Å²) in [5.41, 5.74) is 0. The third-order valence-electron chi connectivity index (χ3n) is 4.99. The maximum atomic E-state index is 12.5. The zero-order valence-corrected chi connectivity index (χ0v) is 14.8. The van der Waals surface area contributed by atoms with Gasteiger partial charge in [0, 0.05) is 13.1 Å². The van der Waals surface area contributed by atoms with Gasteiger partial charge in [0.15, 0.2) is 5.30 Å². The van der Waals surface area contributed by atoms with Crippen LogP contribution in [0.2, 0.25) is 0 Å². The Bertz CT molecular complexity index is 779. The Kier molecular flexibility index (Phi) is 4.42. The van der Waals surface area contributed by atoms with Crippen LogP contribution >= 0.6 is 7.80 Å². The van der Waals surface area contributed by atoms with Crippen molar-refractivity contribution >= 4 is 30.8 Å². The maximum absolute atomic E-state index is 12.5. The van der Waals surface area contributed by atoms with E-state index >= 15 is 0 Å². The summed E-state index contributed by atoms with van der Waals surface area (Å²) >= 11 is 0. The number of likely N-dealkylation sites (tertiary alicyclic amines) is 1. The van der Waals surface area contributed by atoms with Crippen molar-refractivity contribution in [3.05, 3.63) is 42.5 Å². The van der Waals surface area contributed by atoms with Crippen LogP contribution < -0.4 is 10.6 Å². The quantitative estimate of drug-likeness (QED) is 0.437. The number of hydrogen-bond donors (Lipinski definition) is 1. The first-order valence-corrected chi connectivity index (χ1v) is 9.96. The maximum Gasteiger partial charge on any atom is 0.386 e. The van der Waals surface area contributed by atoms with Crippen LogP contribution in [0.3, 0.4) is 0 Å². The van der Waals surface area contributed by atoms with Gasteiger partial charge >= 0.3 is 7.80 Å². The molecule has 2 fully saturated rings. The molecule has 0 radical (unpaired) electrons. The van der Waals surface area contributed by atoms with Crippen LogP contribution in [0.25, 0.3) is 0 Å². The molecule has 0 aliphatic carbocycles. The van der Waals surface area contributed by atoms with E-state index in [-0.39, 0.29) is 49.2 Å². The number of rotatable bonds is 6. The molecular formula is C18H18N2O5P+. The molecule has 8 heteroatoms. The van der Waals surface area contributed by atoms with Crippen LogP contribution in [0, 0.1) is 11.8 Å². The Morgan fingerprint density at radius 2 is 1.69 bits per heavy atom. The zero-order chi connectivity index (χ0) is 18.3. The predicted octanol–water partition coefficient (Wildman–Crippen LogP) is 0.194. The normalized spacial score (nSPS) is 29.2. The molecule has 5 atom stereocenters. The van der Waals surface area contributed by atoms with Crippen molar-refractivity contribution < 1.29 is 23.7 Å². The van der Waals surface area contributed by atoms with Crippen LogP contribution in [0.15, 0.2) is 42.5 Å². The summed E-state index contributed by atoms with van der Waals surface area (Å²) in [6, 6.07) is 8.80. The summed E-state index contributed by atoms with van der Waals surface area (Å²) in [6.07, 6.45) is 2.94. The van der Waals surface area contributed by atoms with Gasteiger partial charge in [-0.3, -0.25) is 19.3 Å². The number of amides is 3. The molecule has 5 unspecified atom stereocenters. The standard InChI is InChI=1S/C18H17N2O5P/c21-14(10-26(24)11-4-2-1-3-5-11)19-8-9-20-17(22)15-12-6-7-13(25-12)16(15)18(20)23/h1-7,12-13,15-16H,8-10H2/p+1. The monoisotopic (exact) mass is 373 g/mol. The third kappa shape index (κ3) is 2.87. The van der Waals surface area contributed by atoms with E-state index in [4.69, 9.17) is 4.74 Å². The van der Waals surface area contributed by atoms with Gasteiger partial charge in [-0.1, -0.05) is 34.9 Å². The Morgan fingerprint density at radius 1 is 1.08 bits per heavy atom. The van der Waals surface area contributed by atoms with Crippen molar-refractivity contribution in [3.8, 4) is 0 Å². The van der Waals surface area contributed by atoms with Crippen LogP contribution in [-0.2, 0) is 23.7 Å². The lowest BCUT2D eigenvalue weighted by atomic mass is 9.85. The van der Waals surface area contributed by atoms with Crippen molar-refractivity contribution in [2.45, 2.75) is 12.2 Å². The number of fused-ring (bicyclic) bond motifs is 5. The minimum Gasteiger partial charge on any atom is -0.365 e. The van der Waals surface area contributed by atoms with Crippen molar-refractivity contribution in [1.29, 1.82) is 0 Å². The molecule has 134 valence electrons. The fourth-order valence-corrected chi connectivity index (χ4v) is 4.82. The van der Waals surface area contributed by atoms with Crippen molar-refractivity contribution in [2.75, 3.05) is 19.3 Å². The van der Waals surface area contributed by atoms with Gasteiger partial charge in [-0.15, -0.1) is 0 Å². The molecule has 26 heavy (non-hydrogen) atoms. The number of hydrogen-bond acceptors (Lipinski definition) is 5. The Labute approximate surface area is 151 Å². The number of carbonyl (C=O) groups excluding carboxylic acids is 3. The summed E-state index contributed by atoms with van der Waals surface area (Å²) in [5.74, 6) is -1.69. The Balaban J connectivity index is 1.27. The lowest BCUT2D eigenvalue weighted by molar-refractivity contribution is -0.142. The van der Waals surface area contributed by atoms with Gasteiger partial charge in [-0.2, -0.15) is 0 Å². The lowest BCUT2D eigenvalue weighted by Crippen LogP contribution is -2.40. The average Bonchev–Trinajstić information content (AvgIpc) is 3.32. The molecule has 1 aromatic rings. The minimum atomic E-state index is -1.81. The summed E-state index contributed by atoms with van der Waals surface area (Å²) in [7, 11) is -1.81. The van der Waals surface area contributed by atoms with Gasteiger partial charge in [-0.25, -0.2) is 0 Å². The molecule has 0 aromatic heterocycles. The molecule has 1 aromatic carbocycles. The van der Waals surface area contributed by atoms with Gasteiger partial charge in [-0.05, 0) is 12.1 Å². The zero-order valence-electron chi connectivity index (χ0n) is 13.9. The average molecular weight is 373 g/mol. The molecule has 2 bridgehead atoms. The third-order valence-corrected chi connectivity index (χ3v) is 6.44. The molecule has 3 amide bonds. The van der Waals surface area contributed by atoms with E-state index in [0.717, 1.165) is 0 Å². The highest BCUT2D eigenvalue weighted by atomic mass is 31.1. The summed E-state index contributed by atoms with van der Waals surface area (Å²) in [4.78, 5) is 38.1. The molecule has 3 heterocycles. The number of imide groups is 1. The van der Waals surface area contributed by atoms with E-state index in [0.29, 0.717) is 5.30 Å². The minimum absolute atomic E-state index is 0.117. The van der Waals surface area contributed by atoms with Gasteiger partial charge in [0.05, 0.1) is 24.0 Å². The highest BCUT2D eigenvalue weighted by Crippen LogP contribution is 2.44.